The first-order chi connectivity index (χ1) is 12.1. The molecule has 0 radical (unpaired) electrons. The van der Waals surface area contributed by atoms with Gasteiger partial charge in [-0.2, -0.15) is 0 Å². The molecule has 8 nitrogen and oxygen atoms in total. The topological polar surface area (TPSA) is 99.9 Å². The summed E-state index contributed by atoms with van der Waals surface area (Å²) in [4.78, 5) is 23.1. The Hall–Kier alpha value is -3.29. The fourth-order valence-electron chi connectivity index (χ4n) is 2.43. The average molecular weight is 344 g/mol. The van der Waals surface area contributed by atoms with Crippen molar-refractivity contribution in [3.8, 4) is 17.2 Å². The first kappa shape index (κ1) is 16.6. The Morgan fingerprint density at radius 3 is 2.44 bits per heavy atom. The van der Waals surface area contributed by atoms with E-state index in [2.05, 4.69) is 5.32 Å². The van der Waals surface area contributed by atoms with Crippen LogP contribution < -0.4 is 19.5 Å². The normalized spacial score (nSPS) is 12.4. The van der Waals surface area contributed by atoms with Gasteiger partial charge in [-0.05, 0) is 17.7 Å². The van der Waals surface area contributed by atoms with Crippen molar-refractivity contribution in [2.75, 3.05) is 20.3 Å². The largest absolute Gasteiger partial charge is 0.497 e. The standard InChI is InChI=1S/C17H16N2O6/c1-23-12-4-2-11(3-5-12)10-18-17(20)13-8-15-16(25-7-6-24-15)9-14(13)19(21)22/h2-5,8-9H,6-7,10H2,1H3,(H,18,20). The number of carbonyl (C=O) groups is 1. The highest BCUT2D eigenvalue weighted by atomic mass is 16.6. The molecule has 0 aromatic heterocycles. The number of nitro benzene ring substituents is 1. The van der Waals surface area contributed by atoms with Crippen molar-refractivity contribution in [2.24, 2.45) is 0 Å². The van der Waals surface area contributed by atoms with Crippen LogP contribution in [0.4, 0.5) is 5.69 Å². The third-order valence-corrected chi connectivity index (χ3v) is 3.71. The van der Waals surface area contributed by atoms with Gasteiger partial charge in [0.25, 0.3) is 11.6 Å². The quantitative estimate of drug-likeness (QED) is 0.660. The second-order valence-electron chi connectivity index (χ2n) is 5.30. The van der Waals surface area contributed by atoms with Crippen LogP contribution in [-0.2, 0) is 6.54 Å². The Bertz CT molecular complexity index is 804. The highest BCUT2D eigenvalue weighted by Crippen LogP contribution is 2.36. The first-order valence-electron chi connectivity index (χ1n) is 7.57. The molecule has 1 N–H and O–H groups in total. The van der Waals surface area contributed by atoms with Crippen LogP contribution in [0.25, 0.3) is 0 Å². The average Bonchev–Trinajstić information content (AvgIpc) is 2.65. The number of nitro groups is 1. The monoisotopic (exact) mass is 344 g/mol. The minimum Gasteiger partial charge on any atom is -0.497 e. The molecule has 3 rings (SSSR count). The zero-order chi connectivity index (χ0) is 17.8. The number of fused-ring (bicyclic) bond motifs is 1. The second kappa shape index (κ2) is 7.08. The summed E-state index contributed by atoms with van der Waals surface area (Å²) in [5, 5.41) is 13.9. The number of carbonyl (C=O) groups excluding carboxylic acids is 1. The summed E-state index contributed by atoms with van der Waals surface area (Å²) in [6.45, 7) is 0.874. The van der Waals surface area contributed by atoms with E-state index in [1.807, 2.05) is 0 Å². The molecular weight excluding hydrogens is 328 g/mol. The third-order valence-electron chi connectivity index (χ3n) is 3.71. The van der Waals surface area contributed by atoms with E-state index in [1.54, 1.807) is 31.4 Å². The van der Waals surface area contributed by atoms with Crippen molar-refractivity contribution >= 4 is 11.6 Å². The van der Waals surface area contributed by atoms with Crippen molar-refractivity contribution in [3.05, 3.63) is 57.6 Å². The van der Waals surface area contributed by atoms with E-state index in [4.69, 9.17) is 14.2 Å². The Morgan fingerprint density at radius 1 is 1.20 bits per heavy atom. The molecule has 130 valence electrons. The number of hydrogen-bond donors (Lipinski definition) is 1. The number of benzene rings is 2. The van der Waals surface area contributed by atoms with Gasteiger partial charge in [-0.15, -0.1) is 0 Å². The molecular formula is C17H16N2O6. The van der Waals surface area contributed by atoms with Gasteiger partial charge in [-0.3, -0.25) is 14.9 Å². The Kier molecular flexibility index (Phi) is 4.69. The van der Waals surface area contributed by atoms with Gasteiger partial charge in [0.1, 0.15) is 24.5 Å². The highest BCUT2D eigenvalue weighted by molar-refractivity contribution is 5.99. The van der Waals surface area contributed by atoms with Crippen LogP contribution in [0.3, 0.4) is 0 Å². The summed E-state index contributed by atoms with van der Waals surface area (Å²) >= 11 is 0. The lowest BCUT2D eigenvalue weighted by atomic mass is 10.1. The van der Waals surface area contributed by atoms with Crippen molar-refractivity contribution in [3.63, 3.8) is 0 Å². The van der Waals surface area contributed by atoms with Gasteiger partial charge in [-0.1, -0.05) is 12.1 Å². The molecule has 0 fully saturated rings. The molecule has 0 saturated carbocycles. The second-order valence-corrected chi connectivity index (χ2v) is 5.30. The molecule has 0 aliphatic carbocycles. The van der Waals surface area contributed by atoms with Crippen LogP contribution >= 0.6 is 0 Å². The lowest BCUT2D eigenvalue weighted by molar-refractivity contribution is -0.385. The molecule has 0 unspecified atom stereocenters. The summed E-state index contributed by atoms with van der Waals surface area (Å²) in [7, 11) is 1.57. The van der Waals surface area contributed by atoms with E-state index < -0.39 is 10.8 Å². The SMILES string of the molecule is COc1ccc(CNC(=O)c2cc3c(cc2[N+](=O)[O-])OCCO3)cc1. The van der Waals surface area contributed by atoms with E-state index >= 15 is 0 Å². The van der Waals surface area contributed by atoms with E-state index in [1.165, 1.54) is 12.1 Å². The van der Waals surface area contributed by atoms with Gasteiger partial charge in [0.05, 0.1) is 18.1 Å². The Balaban J connectivity index is 1.79. The molecule has 2 aromatic rings. The first-order valence-corrected chi connectivity index (χ1v) is 7.57. The van der Waals surface area contributed by atoms with Gasteiger partial charge < -0.3 is 19.5 Å². The highest BCUT2D eigenvalue weighted by Gasteiger charge is 2.26. The van der Waals surface area contributed by atoms with Crippen molar-refractivity contribution in [1.82, 2.24) is 5.32 Å². The van der Waals surface area contributed by atoms with Crippen molar-refractivity contribution in [2.45, 2.75) is 6.54 Å². The number of amides is 1. The summed E-state index contributed by atoms with van der Waals surface area (Å²) < 4.78 is 15.8. The molecule has 0 saturated heterocycles. The zero-order valence-electron chi connectivity index (χ0n) is 13.5. The molecule has 1 heterocycles. The maximum atomic E-state index is 12.4. The molecule has 2 aromatic carbocycles. The van der Waals surface area contributed by atoms with Crippen LogP contribution in [0.15, 0.2) is 36.4 Å². The van der Waals surface area contributed by atoms with Gasteiger partial charge in [0.2, 0.25) is 0 Å². The maximum Gasteiger partial charge on any atom is 0.286 e. The van der Waals surface area contributed by atoms with Gasteiger partial charge >= 0.3 is 0 Å². The van der Waals surface area contributed by atoms with Gasteiger partial charge in [0.15, 0.2) is 11.5 Å². The van der Waals surface area contributed by atoms with Crippen LogP contribution in [0.5, 0.6) is 17.2 Å². The van der Waals surface area contributed by atoms with Crippen molar-refractivity contribution < 1.29 is 23.9 Å². The molecule has 0 bridgehead atoms. The third kappa shape index (κ3) is 3.63. The molecule has 8 heteroatoms. The molecule has 0 atom stereocenters. The summed E-state index contributed by atoms with van der Waals surface area (Å²) in [5.74, 6) is 0.744. The Morgan fingerprint density at radius 2 is 1.84 bits per heavy atom. The van der Waals surface area contributed by atoms with Crippen LogP contribution in [0.1, 0.15) is 15.9 Å². The molecule has 25 heavy (non-hydrogen) atoms. The lowest BCUT2D eigenvalue weighted by Gasteiger charge is -2.18. The van der Waals surface area contributed by atoms with E-state index in [-0.39, 0.29) is 23.5 Å². The summed E-state index contributed by atoms with van der Waals surface area (Å²) in [6.07, 6.45) is 0. The number of rotatable bonds is 5. The van der Waals surface area contributed by atoms with Crippen LogP contribution in [0, 0.1) is 10.1 Å². The molecule has 1 aliphatic rings. The number of nitrogens with one attached hydrogen (secondary N) is 1. The molecule has 1 amide bonds. The summed E-state index contributed by atoms with van der Waals surface area (Å²) in [6, 6.07) is 9.71. The number of hydrogen-bond acceptors (Lipinski definition) is 6. The maximum absolute atomic E-state index is 12.4. The minimum absolute atomic E-state index is 0.0669. The van der Waals surface area contributed by atoms with Crippen LogP contribution in [0.2, 0.25) is 0 Å². The van der Waals surface area contributed by atoms with Gasteiger partial charge in [0, 0.05) is 12.6 Å². The number of methoxy groups -OCH3 is 1. The molecule has 0 spiro atoms. The Labute approximate surface area is 143 Å². The smallest absolute Gasteiger partial charge is 0.286 e. The zero-order valence-corrected chi connectivity index (χ0v) is 13.5. The minimum atomic E-state index is -0.611. The fraction of sp³-hybridized carbons (Fsp3) is 0.235. The fourth-order valence-corrected chi connectivity index (χ4v) is 2.43. The van der Waals surface area contributed by atoms with Crippen molar-refractivity contribution in [1.29, 1.82) is 0 Å². The number of nitrogens with zero attached hydrogens (tertiary/aromatic N) is 1. The van der Waals surface area contributed by atoms with Gasteiger partial charge in [-0.25, -0.2) is 0 Å². The van der Waals surface area contributed by atoms with E-state index in [9.17, 15) is 14.9 Å². The van der Waals surface area contributed by atoms with Crippen LogP contribution in [-0.4, -0.2) is 31.2 Å². The number of ether oxygens (including phenoxy) is 3. The van der Waals surface area contributed by atoms with E-state index in [0.717, 1.165) is 5.56 Å². The molecule has 1 aliphatic heterocycles. The van der Waals surface area contributed by atoms with E-state index in [0.29, 0.717) is 24.7 Å². The summed E-state index contributed by atoms with van der Waals surface area (Å²) in [5.41, 5.74) is 0.452. The lowest BCUT2D eigenvalue weighted by Crippen LogP contribution is -2.24. The predicted molar refractivity (Wildman–Crippen MR) is 88.3 cm³/mol. The predicted octanol–water partition coefficient (Wildman–Crippen LogP) is 2.30.